The Bertz CT molecular complexity index is 975. The molecule has 1 amide bonds. The van der Waals surface area contributed by atoms with Crippen molar-refractivity contribution < 1.29 is 14.3 Å². The molecule has 0 spiro atoms. The van der Waals surface area contributed by atoms with Crippen LogP contribution in [-0.2, 0) is 27.3 Å². The van der Waals surface area contributed by atoms with Crippen molar-refractivity contribution in [2.45, 2.75) is 25.9 Å². The first kappa shape index (κ1) is 19.5. The quantitative estimate of drug-likeness (QED) is 0.622. The van der Waals surface area contributed by atoms with Crippen molar-refractivity contribution in [2.24, 2.45) is 10.9 Å². The molecule has 2 aromatic rings. The molecule has 0 radical (unpaired) electrons. The number of fused-ring (bicyclic) bond motifs is 1. The van der Waals surface area contributed by atoms with Gasteiger partial charge in [0.25, 0.3) is 0 Å². The molecule has 150 valence electrons. The summed E-state index contributed by atoms with van der Waals surface area (Å²) in [5, 5.41) is 3.35. The summed E-state index contributed by atoms with van der Waals surface area (Å²) in [5.41, 5.74) is 3.23. The maximum absolute atomic E-state index is 12.9. The third kappa shape index (κ3) is 3.98. The minimum absolute atomic E-state index is 0.199. The summed E-state index contributed by atoms with van der Waals surface area (Å²) in [4.78, 5) is 32.3. The lowest BCUT2D eigenvalue weighted by Gasteiger charge is -2.36. The summed E-state index contributed by atoms with van der Waals surface area (Å²) in [6, 6.07) is 14.7. The SMILES string of the molecule is CCOC(=O)[C@H]1C(=O)NC(N2CCc3ccccc3C2)=N[C@H]1c1cccc(Cl)c1. The van der Waals surface area contributed by atoms with E-state index in [0.717, 1.165) is 13.0 Å². The maximum atomic E-state index is 12.9. The molecule has 2 aliphatic rings. The Morgan fingerprint density at radius 2 is 2.03 bits per heavy atom. The summed E-state index contributed by atoms with van der Waals surface area (Å²) in [6.45, 7) is 3.31. The van der Waals surface area contributed by atoms with Gasteiger partial charge in [-0.15, -0.1) is 0 Å². The number of carbonyl (C=O) groups is 2. The average molecular weight is 412 g/mol. The zero-order valence-corrected chi connectivity index (χ0v) is 16.9. The van der Waals surface area contributed by atoms with Crippen molar-refractivity contribution in [2.75, 3.05) is 13.2 Å². The van der Waals surface area contributed by atoms with Crippen LogP contribution in [0.3, 0.4) is 0 Å². The van der Waals surface area contributed by atoms with Gasteiger partial charge in [-0.1, -0.05) is 48.0 Å². The Kier molecular flexibility index (Phi) is 5.53. The number of hydrogen-bond donors (Lipinski definition) is 1. The molecule has 0 saturated carbocycles. The Hall–Kier alpha value is -2.86. The molecule has 2 atom stereocenters. The Labute approximate surface area is 174 Å². The van der Waals surface area contributed by atoms with E-state index >= 15 is 0 Å². The fourth-order valence-corrected chi connectivity index (χ4v) is 4.03. The molecule has 2 aromatic carbocycles. The number of nitrogens with zero attached hydrogens (tertiary/aromatic N) is 2. The molecule has 2 aliphatic heterocycles. The van der Waals surface area contributed by atoms with Gasteiger partial charge in [0.1, 0.15) is 6.04 Å². The highest BCUT2D eigenvalue weighted by atomic mass is 35.5. The van der Waals surface area contributed by atoms with Crippen LogP contribution in [0.15, 0.2) is 53.5 Å². The van der Waals surface area contributed by atoms with E-state index in [1.54, 1.807) is 25.1 Å². The van der Waals surface area contributed by atoms with Gasteiger partial charge >= 0.3 is 5.97 Å². The van der Waals surface area contributed by atoms with Crippen molar-refractivity contribution in [3.8, 4) is 0 Å². The van der Waals surface area contributed by atoms with Crippen LogP contribution in [0.2, 0.25) is 5.02 Å². The zero-order valence-electron chi connectivity index (χ0n) is 16.1. The highest BCUT2D eigenvalue weighted by Gasteiger charge is 2.42. The van der Waals surface area contributed by atoms with E-state index < -0.39 is 23.8 Å². The number of carbonyl (C=O) groups excluding carboxylic acids is 2. The summed E-state index contributed by atoms with van der Waals surface area (Å²) >= 11 is 6.15. The predicted octanol–water partition coefficient (Wildman–Crippen LogP) is 3.10. The predicted molar refractivity (Wildman–Crippen MR) is 110 cm³/mol. The third-order valence-electron chi connectivity index (χ3n) is 5.26. The van der Waals surface area contributed by atoms with Gasteiger partial charge in [0, 0.05) is 18.1 Å². The number of rotatable bonds is 3. The van der Waals surface area contributed by atoms with Crippen LogP contribution in [0.1, 0.15) is 29.7 Å². The van der Waals surface area contributed by atoms with E-state index in [4.69, 9.17) is 21.3 Å². The van der Waals surface area contributed by atoms with E-state index in [9.17, 15) is 9.59 Å². The smallest absolute Gasteiger partial charge is 0.321 e. The van der Waals surface area contributed by atoms with Gasteiger partial charge in [0.2, 0.25) is 11.9 Å². The van der Waals surface area contributed by atoms with Gasteiger partial charge in [0.15, 0.2) is 5.92 Å². The van der Waals surface area contributed by atoms with Crippen LogP contribution in [0.5, 0.6) is 0 Å². The maximum Gasteiger partial charge on any atom is 0.321 e. The minimum Gasteiger partial charge on any atom is -0.465 e. The third-order valence-corrected chi connectivity index (χ3v) is 5.49. The van der Waals surface area contributed by atoms with Gasteiger partial charge < -0.3 is 9.64 Å². The Morgan fingerprint density at radius 1 is 1.24 bits per heavy atom. The van der Waals surface area contributed by atoms with Crippen LogP contribution >= 0.6 is 11.6 Å². The summed E-state index contributed by atoms with van der Waals surface area (Å²) < 4.78 is 5.15. The van der Waals surface area contributed by atoms with Crippen molar-refractivity contribution >= 4 is 29.4 Å². The second kappa shape index (κ2) is 8.25. The minimum atomic E-state index is -1.05. The number of nitrogens with one attached hydrogen (secondary N) is 1. The number of benzene rings is 2. The molecule has 2 heterocycles. The number of halogens is 1. The molecule has 0 saturated heterocycles. The van der Waals surface area contributed by atoms with Crippen LogP contribution in [0.25, 0.3) is 0 Å². The van der Waals surface area contributed by atoms with E-state index in [-0.39, 0.29) is 6.61 Å². The van der Waals surface area contributed by atoms with Crippen molar-refractivity contribution in [1.29, 1.82) is 0 Å². The molecule has 0 fully saturated rings. The standard InChI is InChI=1S/C22H22ClN3O3/c1-2-29-21(28)18-19(15-8-5-9-17(23)12-15)24-22(25-20(18)27)26-11-10-14-6-3-4-7-16(14)13-26/h3-9,12,18-19H,2,10-11,13H2,1H3,(H,24,25,27)/t18-,19+/m1/s1. The van der Waals surface area contributed by atoms with Crippen LogP contribution < -0.4 is 5.32 Å². The van der Waals surface area contributed by atoms with Crippen molar-refractivity contribution in [3.63, 3.8) is 0 Å². The van der Waals surface area contributed by atoms with Gasteiger partial charge in [0.05, 0.1) is 6.61 Å². The van der Waals surface area contributed by atoms with Crippen LogP contribution in [0.4, 0.5) is 0 Å². The van der Waals surface area contributed by atoms with E-state index in [2.05, 4.69) is 17.4 Å². The largest absolute Gasteiger partial charge is 0.465 e. The topological polar surface area (TPSA) is 71.0 Å². The van der Waals surface area contributed by atoms with Crippen molar-refractivity contribution in [3.05, 3.63) is 70.2 Å². The number of esters is 1. The average Bonchev–Trinajstić information content (AvgIpc) is 2.73. The molecule has 6 nitrogen and oxygen atoms in total. The summed E-state index contributed by atoms with van der Waals surface area (Å²) in [6.07, 6.45) is 0.869. The van der Waals surface area contributed by atoms with Gasteiger partial charge in [-0.05, 0) is 42.2 Å². The van der Waals surface area contributed by atoms with Gasteiger partial charge in [-0.25, -0.2) is 4.99 Å². The number of amides is 1. The molecular formula is C22H22ClN3O3. The second-order valence-corrected chi connectivity index (χ2v) is 7.55. The lowest BCUT2D eigenvalue weighted by molar-refractivity contribution is -0.153. The molecule has 0 aromatic heterocycles. The highest BCUT2D eigenvalue weighted by Crippen LogP contribution is 2.32. The molecule has 0 bridgehead atoms. The fourth-order valence-electron chi connectivity index (χ4n) is 3.83. The Balaban J connectivity index is 1.69. The molecule has 29 heavy (non-hydrogen) atoms. The fraction of sp³-hybridized carbons (Fsp3) is 0.318. The van der Waals surface area contributed by atoms with Crippen molar-refractivity contribution in [1.82, 2.24) is 10.2 Å². The lowest BCUT2D eigenvalue weighted by Crippen LogP contribution is -2.53. The van der Waals surface area contributed by atoms with Crippen LogP contribution in [-0.4, -0.2) is 35.9 Å². The van der Waals surface area contributed by atoms with Gasteiger partial charge in [-0.3, -0.25) is 14.9 Å². The number of guanidine groups is 1. The summed E-state index contributed by atoms with van der Waals surface area (Å²) in [7, 11) is 0. The molecule has 4 rings (SSSR count). The zero-order chi connectivity index (χ0) is 20.4. The van der Waals surface area contributed by atoms with E-state index in [0.29, 0.717) is 23.1 Å². The Morgan fingerprint density at radius 3 is 2.79 bits per heavy atom. The number of hydrogen-bond acceptors (Lipinski definition) is 5. The van der Waals surface area contributed by atoms with Gasteiger partial charge in [-0.2, -0.15) is 0 Å². The monoisotopic (exact) mass is 411 g/mol. The molecule has 1 N–H and O–H groups in total. The first-order valence-electron chi connectivity index (χ1n) is 9.69. The normalized spacial score (nSPS) is 21.1. The molecule has 0 unspecified atom stereocenters. The highest BCUT2D eigenvalue weighted by molar-refractivity contribution is 6.30. The number of ether oxygens (including phenoxy) is 1. The lowest BCUT2D eigenvalue weighted by atomic mass is 9.91. The summed E-state index contributed by atoms with van der Waals surface area (Å²) in [5.74, 6) is -1.55. The number of aliphatic imine (C=N–C) groups is 1. The second-order valence-electron chi connectivity index (χ2n) is 7.11. The molecule has 0 aliphatic carbocycles. The first-order chi connectivity index (χ1) is 14.1. The molecule has 7 heteroatoms. The van der Waals surface area contributed by atoms with E-state index in [1.807, 2.05) is 23.1 Å². The van der Waals surface area contributed by atoms with E-state index in [1.165, 1.54) is 11.1 Å². The first-order valence-corrected chi connectivity index (χ1v) is 10.1. The molecular weight excluding hydrogens is 390 g/mol. The van der Waals surface area contributed by atoms with Crippen LogP contribution in [0, 0.1) is 5.92 Å².